The van der Waals surface area contributed by atoms with Gasteiger partial charge in [0.15, 0.2) is 0 Å². The third kappa shape index (κ3) is 4.14. The second-order valence-electron chi connectivity index (χ2n) is 5.02. The van der Waals surface area contributed by atoms with Crippen LogP contribution in [-0.2, 0) is 6.42 Å². The number of aryl methyl sites for hydroxylation is 1. The molecule has 2 nitrogen and oxygen atoms in total. The van der Waals surface area contributed by atoms with Gasteiger partial charge in [0.1, 0.15) is 0 Å². The fourth-order valence-electron chi connectivity index (χ4n) is 1.92. The molecule has 2 heteroatoms. The number of benzene rings is 1. The van der Waals surface area contributed by atoms with Gasteiger partial charge >= 0.3 is 0 Å². The second-order valence-corrected chi connectivity index (χ2v) is 5.02. The molecule has 0 amide bonds. The average molecular weight is 235 g/mol. The van der Waals surface area contributed by atoms with Crippen LogP contribution in [0, 0.1) is 5.92 Å². The zero-order chi connectivity index (χ0) is 12.8. The highest BCUT2D eigenvalue weighted by atomic mass is 16.3. The predicted octanol–water partition coefficient (Wildman–Crippen LogP) is 2.92. The highest BCUT2D eigenvalue weighted by Crippen LogP contribution is 2.16. The molecule has 1 aromatic rings. The van der Waals surface area contributed by atoms with E-state index in [0.29, 0.717) is 5.92 Å². The Morgan fingerprint density at radius 1 is 1.12 bits per heavy atom. The number of hydrogen-bond acceptors (Lipinski definition) is 2. The van der Waals surface area contributed by atoms with Crippen LogP contribution in [-0.4, -0.2) is 17.8 Å². The van der Waals surface area contributed by atoms with Crippen LogP contribution in [0.1, 0.15) is 44.9 Å². The van der Waals surface area contributed by atoms with Gasteiger partial charge in [-0.25, -0.2) is 0 Å². The fourth-order valence-corrected chi connectivity index (χ4v) is 1.92. The van der Waals surface area contributed by atoms with Crippen molar-refractivity contribution in [1.29, 1.82) is 0 Å². The van der Waals surface area contributed by atoms with Gasteiger partial charge in [-0.1, -0.05) is 45.0 Å². The molecule has 0 aliphatic rings. The second kappa shape index (κ2) is 6.77. The van der Waals surface area contributed by atoms with E-state index in [4.69, 9.17) is 0 Å². The van der Waals surface area contributed by atoms with E-state index in [0.717, 1.165) is 6.42 Å². The summed E-state index contributed by atoms with van der Waals surface area (Å²) in [5.74, 6) is 0.442. The van der Waals surface area contributed by atoms with Crippen molar-refractivity contribution < 1.29 is 5.11 Å². The lowest BCUT2D eigenvalue weighted by Gasteiger charge is -2.25. The first-order chi connectivity index (χ1) is 8.08. The molecular formula is C15H25NO. The van der Waals surface area contributed by atoms with Gasteiger partial charge < -0.3 is 10.4 Å². The Hall–Kier alpha value is -0.860. The molecule has 17 heavy (non-hydrogen) atoms. The van der Waals surface area contributed by atoms with Crippen molar-refractivity contribution in [3.8, 4) is 0 Å². The summed E-state index contributed by atoms with van der Waals surface area (Å²) >= 11 is 0. The molecule has 0 aliphatic heterocycles. The Morgan fingerprint density at radius 3 is 2.12 bits per heavy atom. The monoisotopic (exact) mass is 235 g/mol. The molecular weight excluding hydrogens is 210 g/mol. The summed E-state index contributed by atoms with van der Waals surface area (Å²) in [6, 6.07) is 9.14. The molecule has 1 rings (SSSR count). The average Bonchev–Trinajstić information content (AvgIpc) is 2.35. The minimum Gasteiger partial charge on any atom is -0.395 e. The smallest absolute Gasteiger partial charge is 0.0587 e. The molecule has 0 fully saturated rings. The molecule has 2 atom stereocenters. The summed E-state index contributed by atoms with van der Waals surface area (Å²) in [7, 11) is 0. The molecule has 96 valence electrons. The molecule has 0 saturated carbocycles. The van der Waals surface area contributed by atoms with E-state index in [1.807, 2.05) is 0 Å². The van der Waals surface area contributed by atoms with Crippen LogP contribution < -0.4 is 5.32 Å². The normalized spacial score (nSPS) is 14.9. The van der Waals surface area contributed by atoms with Crippen molar-refractivity contribution in [2.45, 2.75) is 46.2 Å². The summed E-state index contributed by atoms with van der Waals surface area (Å²) in [6.07, 6.45) is 1.08. The van der Waals surface area contributed by atoms with Gasteiger partial charge in [-0.05, 0) is 30.4 Å². The van der Waals surface area contributed by atoms with E-state index in [1.165, 1.54) is 11.1 Å². The van der Waals surface area contributed by atoms with Crippen molar-refractivity contribution in [2.75, 3.05) is 6.61 Å². The van der Waals surface area contributed by atoms with Gasteiger partial charge in [-0.3, -0.25) is 0 Å². The van der Waals surface area contributed by atoms with Crippen LogP contribution in [0.3, 0.4) is 0 Å². The maximum absolute atomic E-state index is 9.31. The van der Waals surface area contributed by atoms with E-state index in [9.17, 15) is 5.11 Å². The highest BCUT2D eigenvalue weighted by Gasteiger charge is 2.15. The lowest BCUT2D eigenvalue weighted by atomic mass is 10.0. The van der Waals surface area contributed by atoms with Gasteiger partial charge in [0, 0.05) is 12.1 Å². The first kappa shape index (κ1) is 14.2. The fraction of sp³-hybridized carbons (Fsp3) is 0.600. The predicted molar refractivity (Wildman–Crippen MR) is 73.1 cm³/mol. The van der Waals surface area contributed by atoms with Crippen molar-refractivity contribution in [2.24, 2.45) is 5.92 Å². The number of hydrogen-bond donors (Lipinski definition) is 2. The van der Waals surface area contributed by atoms with E-state index < -0.39 is 0 Å². The molecule has 1 aromatic carbocycles. The van der Waals surface area contributed by atoms with Crippen LogP contribution in [0.2, 0.25) is 0 Å². The van der Waals surface area contributed by atoms with E-state index >= 15 is 0 Å². The molecule has 0 aliphatic carbocycles. The van der Waals surface area contributed by atoms with Gasteiger partial charge in [0.2, 0.25) is 0 Å². The summed E-state index contributed by atoms with van der Waals surface area (Å²) in [5.41, 5.74) is 2.64. The van der Waals surface area contributed by atoms with E-state index in [1.54, 1.807) is 0 Å². The number of aliphatic hydroxyl groups is 1. The summed E-state index contributed by atoms with van der Waals surface area (Å²) in [5, 5.41) is 12.8. The van der Waals surface area contributed by atoms with Crippen LogP contribution in [0.25, 0.3) is 0 Å². The van der Waals surface area contributed by atoms with Gasteiger partial charge in [-0.2, -0.15) is 0 Å². The Kier molecular flexibility index (Phi) is 5.66. The molecule has 2 N–H and O–H groups in total. The van der Waals surface area contributed by atoms with Crippen LogP contribution in [0.4, 0.5) is 0 Å². The summed E-state index contributed by atoms with van der Waals surface area (Å²) in [6.45, 7) is 8.75. The lowest BCUT2D eigenvalue weighted by molar-refractivity contribution is 0.201. The maximum atomic E-state index is 9.31. The molecule has 0 heterocycles. The van der Waals surface area contributed by atoms with Gasteiger partial charge in [-0.15, -0.1) is 0 Å². The largest absolute Gasteiger partial charge is 0.395 e. The SMILES string of the molecule is CCc1ccc(C(C)N[C@H](CO)C(C)C)cc1. The topological polar surface area (TPSA) is 32.3 Å². The molecule has 0 radical (unpaired) electrons. The Morgan fingerprint density at radius 2 is 1.71 bits per heavy atom. The van der Waals surface area contributed by atoms with Crippen LogP contribution in [0.5, 0.6) is 0 Å². The zero-order valence-corrected chi connectivity index (χ0v) is 11.4. The van der Waals surface area contributed by atoms with Crippen molar-refractivity contribution >= 4 is 0 Å². The van der Waals surface area contributed by atoms with Crippen molar-refractivity contribution in [3.05, 3.63) is 35.4 Å². The Labute approximate surface area is 105 Å². The third-order valence-electron chi connectivity index (χ3n) is 3.35. The van der Waals surface area contributed by atoms with Crippen molar-refractivity contribution in [1.82, 2.24) is 5.32 Å². The Balaban J connectivity index is 2.65. The maximum Gasteiger partial charge on any atom is 0.0587 e. The van der Waals surface area contributed by atoms with Crippen molar-refractivity contribution in [3.63, 3.8) is 0 Å². The minimum atomic E-state index is 0.163. The first-order valence-electron chi connectivity index (χ1n) is 6.54. The van der Waals surface area contributed by atoms with Crippen LogP contribution >= 0.6 is 0 Å². The molecule has 0 spiro atoms. The summed E-state index contributed by atoms with van der Waals surface area (Å²) in [4.78, 5) is 0. The van der Waals surface area contributed by atoms with Gasteiger partial charge in [0.25, 0.3) is 0 Å². The summed E-state index contributed by atoms with van der Waals surface area (Å²) < 4.78 is 0. The van der Waals surface area contributed by atoms with E-state index in [-0.39, 0.29) is 18.7 Å². The number of aliphatic hydroxyl groups excluding tert-OH is 1. The molecule has 0 bridgehead atoms. The highest BCUT2D eigenvalue weighted by molar-refractivity contribution is 5.24. The first-order valence-corrected chi connectivity index (χ1v) is 6.54. The van der Waals surface area contributed by atoms with E-state index in [2.05, 4.69) is 57.3 Å². The number of rotatable bonds is 6. The Bertz CT molecular complexity index is 318. The lowest BCUT2D eigenvalue weighted by Crippen LogP contribution is -2.38. The molecule has 1 unspecified atom stereocenters. The van der Waals surface area contributed by atoms with Gasteiger partial charge in [0.05, 0.1) is 6.61 Å². The molecule has 0 saturated heterocycles. The third-order valence-corrected chi connectivity index (χ3v) is 3.35. The van der Waals surface area contributed by atoms with Crippen LogP contribution in [0.15, 0.2) is 24.3 Å². The minimum absolute atomic E-state index is 0.163. The standard InChI is InChI=1S/C15H25NO/c1-5-13-6-8-14(9-7-13)12(4)16-15(10-17)11(2)3/h6-9,11-12,15-17H,5,10H2,1-4H3/t12?,15-/m1/s1. The molecule has 0 aromatic heterocycles. The zero-order valence-electron chi connectivity index (χ0n) is 11.4. The number of nitrogens with one attached hydrogen (secondary N) is 1. The quantitative estimate of drug-likeness (QED) is 0.794.